The summed E-state index contributed by atoms with van der Waals surface area (Å²) in [4.78, 5) is 15.0. The molecule has 0 radical (unpaired) electrons. The maximum absolute atomic E-state index is 6.92. The average Bonchev–Trinajstić information content (AvgIpc) is 3.54. The van der Waals surface area contributed by atoms with Gasteiger partial charge in [0.15, 0.2) is 17.5 Å². The first-order valence-corrected chi connectivity index (χ1v) is 18.6. The minimum absolute atomic E-state index is 0.514. The number of ether oxygens (including phenoxy) is 1. The molecular weight excluding hydrogens is 671 g/mol. The zero-order valence-electron chi connectivity index (χ0n) is 30.3. The normalized spacial score (nSPS) is 13.1. The summed E-state index contributed by atoms with van der Waals surface area (Å²) in [5.41, 5.74) is 13.9. The van der Waals surface area contributed by atoms with Gasteiger partial charge in [0.1, 0.15) is 11.5 Å². The smallest absolute Gasteiger partial charge is 0.164 e. The van der Waals surface area contributed by atoms with Crippen molar-refractivity contribution in [2.75, 3.05) is 0 Å². The van der Waals surface area contributed by atoms with Gasteiger partial charge in [-0.1, -0.05) is 176 Å². The maximum atomic E-state index is 6.92. The zero-order valence-corrected chi connectivity index (χ0v) is 30.3. The highest BCUT2D eigenvalue weighted by molar-refractivity contribution is 5.90. The number of aromatic nitrogens is 3. The predicted octanol–water partition coefficient (Wildman–Crippen LogP) is 12.5. The molecule has 1 spiro atoms. The van der Waals surface area contributed by atoms with Crippen LogP contribution in [0.3, 0.4) is 0 Å². The van der Waals surface area contributed by atoms with Crippen molar-refractivity contribution >= 4 is 6.08 Å². The van der Waals surface area contributed by atoms with Gasteiger partial charge in [-0.25, -0.2) is 15.0 Å². The molecule has 10 rings (SSSR count). The van der Waals surface area contributed by atoms with Crippen LogP contribution in [0.1, 0.15) is 33.4 Å². The summed E-state index contributed by atoms with van der Waals surface area (Å²) in [6.45, 7) is 5.94. The highest BCUT2D eigenvalue weighted by Crippen LogP contribution is 2.63. The molecule has 55 heavy (non-hydrogen) atoms. The quantitative estimate of drug-likeness (QED) is 0.162. The highest BCUT2D eigenvalue weighted by atomic mass is 16.5. The van der Waals surface area contributed by atoms with Crippen molar-refractivity contribution in [3.8, 4) is 67.9 Å². The predicted molar refractivity (Wildman–Crippen MR) is 223 cm³/mol. The van der Waals surface area contributed by atoms with E-state index in [9.17, 15) is 0 Å². The molecule has 4 nitrogen and oxygen atoms in total. The summed E-state index contributed by atoms with van der Waals surface area (Å²) in [5.74, 6) is 3.59. The van der Waals surface area contributed by atoms with Crippen LogP contribution < -0.4 is 4.74 Å². The minimum Gasteiger partial charge on any atom is -0.456 e. The van der Waals surface area contributed by atoms with E-state index in [0.717, 1.165) is 61.6 Å². The van der Waals surface area contributed by atoms with Gasteiger partial charge in [-0.15, -0.1) is 0 Å². The van der Waals surface area contributed by atoms with E-state index in [0.29, 0.717) is 17.5 Å². The van der Waals surface area contributed by atoms with E-state index in [1.807, 2.05) is 36.4 Å². The Hall–Kier alpha value is -7.17. The monoisotopic (exact) mass is 705 g/mol. The number of allylic oxidation sites excluding steroid dienone is 2. The fourth-order valence-electron chi connectivity index (χ4n) is 8.39. The second-order valence-corrected chi connectivity index (χ2v) is 14.0. The second-order valence-electron chi connectivity index (χ2n) is 14.0. The third-order valence-electron chi connectivity index (χ3n) is 10.9. The van der Waals surface area contributed by atoms with Crippen LogP contribution in [0.15, 0.2) is 183 Å². The molecule has 2 heterocycles. The van der Waals surface area contributed by atoms with Crippen LogP contribution in [-0.2, 0) is 5.41 Å². The van der Waals surface area contributed by atoms with E-state index in [2.05, 4.69) is 153 Å². The molecule has 0 N–H and O–H groups in total. The summed E-state index contributed by atoms with van der Waals surface area (Å²) in [6, 6.07) is 57.6. The summed E-state index contributed by atoms with van der Waals surface area (Å²) >= 11 is 0. The molecule has 4 heteroatoms. The van der Waals surface area contributed by atoms with Gasteiger partial charge in [-0.2, -0.15) is 0 Å². The van der Waals surface area contributed by atoms with Crippen molar-refractivity contribution in [2.24, 2.45) is 0 Å². The second kappa shape index (κ2) is 13.0. The van der Waals surface area contributed by atoms with Gasteiger partial charge in [0.25, 0.3) is 0 Å². The van der Waals surface area contributed by atoms with Crippen molar-refractivity contribution in [2.45, 2.75) is 12.3 Å². The molecule has 1 aliphatic carbocycles. The Bertz CT molecular complexity index is 2770. The number of fused-ring (bicyclic) bond motifs is 9. The van der Waals surface area contributed by atoms with Crippen molar-refractivity contribution < 1.29 is 4.74 Å². The Labute approximate surface area is 320 Å². The number of para-hydroxylation sites is 2. The van der Waals surface area contributed by atoms with Crippen LogP contribution in [0.2, 0.25) is 0 Å². The summed E-state index contributed by atoms with van der Waals surface area (Å²) in [6.07, 6.45) is 5.79. The van der Waals surface area contributed by atoms with Gasteiger partial charge < -0.3 is 4.74 Å². The molecule has 0 saturated carbocycles. The first-order valence-electron chi connectivity index (χ1n) is 18.6. The van der Waals surface area contributed by atoms with E-state index < -0.39 is 5.41 Å². The number of rotatable bonds is 6. The SMILES string of the molecule is C=C/C=C\c1cc(-c2nc(-c3ccccc3)nc(-c3ccc(-c4cccc5c4Oc4ccccc4C54c5ccccc5-c5ccccc54)cc3)n2)ccc1C. The molecule has 2 aliphatic rings. The zero-order chi connectivity index (χ0) is 36.9. The number of aryl methyl sites for hydroxylation is 1. The van der Waals surface area contributed by atoms with Gasteiger partial charge in [-0.05, 0) is 58.0 Å². The first kappa shape index (κ1) is 32.5. The molecule has 0 saturated heterocycles. The molecule has 7 aromatic carbocycles. The maximum Gasteiger partial charge on any atom is 0.164 e. The van der Waals surface area contributed by atoms with Crippen LogP contribution in [-0.4, -0.2) is 15.0 Å². The van der Waals surface area contributed by atoms with E-state index in [1.54, 1.807) is 6.08 Å². The lowest BCUT2D eigenvalue weighted by atomic mass is 9.65. The first-order chi connectivity index (χ1) is 27.1. The fourth-order valence-corrected chi connectivity index (χ4v) is 8.39. The summed E-state index contributed by atoms with van der Waals surface area (Å²) in [7, 11) is 0. The van der Waals surface area contributed by atoms with Crippen molar-refractivity contribution in [3.63, 3.8) is 0 Å². The largest absolute Gasteiger partial charge is 0.456 e. The molecule has 0 atom stereocenters. The fraction of sp³-hybridized carbons (Fsp3) is 0.0392. The highest BCUT2D eigenvalue weighted by Gasteiger charge is 2.51. The standard InChI is InChI=1S/C51H35N3O/c1-3-4-15-37-32-38(27-26-33(37)2)50-53-48(35-16-6-5-7-17-35)52-49(54-50)36-30-28-34(29-31-36)39-20-14-24-45-47(39)55-46-25-13-12-23-44(46)51(45)42-21-10-8-18-40(42)41-19-9-11-22-43(41)51/h3-32H,1H2,2H3/b15-4-. The molecular formula is C51H35N3O. The van der Waals surface area contributed by atoms with Crippen LogP contribution in [0.4, 0.5) is 0 Å². The molecule has 260 valence electrons. The van der Waals surface area contributed by atoms with E-state index >= 15 is 0 Å². The van der Waals surface area contributed by atoms with Gasteiger partial charge >= 0.3 is 0 Å². The third-order valence-corrected chi connectivity index (χ3v) is 10.9. The number of hydrogen-bond donors (Lipinski definition) is 0. The van der Waals surface area contributed by atoms with Gasteiger partial charge in [-0.3, -0.25) is 0 Å². The molecule has 0 fully saturated rings. The van der Waals surface area contributed by atoms with Crippen LogP contribution in [0.5, 0.6) is 11.5 Å². The Balaban J connectivity index is 1.11. The summed E-state index contributed by atoms with van der Waals surface area (Å²) < 4.78 is 6.92. The Morgan fingerprint density at radius 3 is 1.71 bits per heavy atom. The van der Waals surface area contributed by atoms with Gasteiger partial charge in [0.2, 0.25) is 0 Å². The number of hydrogen-bond acceptors (Lipinski definition) is 4. The van der Waals surface area contributed by atoms with Crippen LogP contribution in [0.25, 0.3) is 62.5 Å². The van der Waals surface area contributed by atoms with Crippen molar-refractivity contribution in [1.29, 1.82) is 0 Å². The molecule has 0 amide bonds. The number of benzene rings is 7. The lowest BCUT2D eigenvalue weighted by Gasteiger charge is -2.40. The Kier molecular flexibility index (Phi) is 7.70. The lowest BCUT2D eigenvalue weighted by Crippen LogP contribution is -2.32. The van der Waals surface area contributed by atoms with Gasteiger partial charge in [0, 0.05) is 33.4 Å². The van der Waals surface area contributed by atoms with Gasteiger partial charge in [0.05, 0.1) is 5.41 Å². The molecule has 0 unspecified atom stereocenters. The molecule has 1 aromatic heterocycles. The molecule has 8 aromatic rings. The average molecular weight is 706 g/mol. The number of nitrogens with zero attached hydrogens (tertiary/aromatic N) is 3. The minimum atomic E-state index is -0.514. The summed E-state index contributed by atoms with van der Waals surface area (Å²) in [5, 5.41) is 0. The van der Waals surface area contributed by atoms with Crippen LogP contribution >= 0.6 is 0 Å². The molecule has 1 aliphatic heterocycles. The third kappa shape index (κ3) is 5.18. The van der Waals surface area contributed by atoms with E-state index in [4.69, 9.17) is 19.7 Å². The van der Waals surface area contributed by atoms with Crippen molar-refractivity contribution in [1.82, 2.24) is 15.0 Å². The Morgan fingerprint density at radius 2 is 1.02 bits per heavy atom. The van der Waals surface area contributed by atoms with E-state index in [1.165, 1.54) is 22.3 Å². The van der Waals surface area contributed by atoms with E-state index in [-0.39, 0.29) is 0 Å². The van der Waals surface area contributed by atoms with Crippen LogP contribution in [0, 0.1) is 6.92 Å². The Morgan fingerprint density at radius 1 is 0.491 bits per heavy atom. The topological polar surface area (TPSA) is 47.9 Å². The lowest BCUT2D eigenvalue weighted by molar-refractivity contribution is 0.438. The van der Waals surface area contributed by atoms with Crippen molar-refractivity contribution in [3.05, 3.63) is 216 Å². The molecule has 0 bridgehead atoms.